The van der Waals surface area contributed by atoms with E-state index in [-0.39, 0.29) is 0 Å². The maximum Gasteiger partial charge on any atom is 0.0510 e. The van der Waals surface area contributed by atoms with Crippen molar-refractivity contribution < 1.29 is 4.74 Å². The normalized spacial score (nSPS) is 23.1. The highest BCUT2D eigenvalue weighted by Gasteiger charge is 2.23. The highest BCUT2D eigenvalue weighted by molar-refractivity contribution is 7.07. The predicted molar refractivity (Wildman–Crippen MR) is 64.4 cm³/mol. The van der Waals surface area contributed by atoms with Crippen LogP contribution in [0.15, 0.2) is 16.8 Å². The number of thiophene rings is 1. The van der Waals surface area contributed by atoms with E-state index in [0.29, 0.717) is 12.0 Å². The lowest BCUT2D eigenvalue weighted by molar-refractivity contribution is 0.176. The number of nitrogens with one attached hydrogen (secondary N) is 1. The molecule has 0 radical (unpaired) electrons. The molecule has 84 valence electrons. The molecule has 1 fully saturated rings. The quantitative estimate of drug-likeness (QED) is 0.830. The fraction of sp³-hybridized carbons (Fsp3) is 0.667. The van der Waals surface area contributed by atoms with Crippen LogP contribution in [0.1, 0.15) is 18.4 Å². The fourth-order valence-electron chi connectivity index (χ4n) is 2.24. The van der Waals surface area contributed by atoms with Crippen LogP contribution in [0.2, 0.25) is 0 Å². The maximum absolute atomic E-state index is 5.44. The van der Waals surface area contributed by atoms with Crippen molar-refractivity contribution in [2.45, 2.75) is 25.3 Å². The summed E-state index contributed by atoms with van der Waals surface area (Å²) in [6.45, 7) is 1.89. The highest BCUT2D eigenvalue weighted by atomic mass is 32.1. The molecule has 0 saturated carbocycles. The van der Waals surface area contributed by atoms with Crippen LogP contribution in [0.3, 0.4) is 0 Å². The van der Waals surface area contributed by atoms with Crippen LogP contribution in [-0.2, 0) is 11.2 Å². The Labute approximate surface area is 95.6 Å². The molecule has 2 nitrogen and oxygen atoms in total. The van der Waals surface area contributed by atoms with Crippen molar-refractivity contribution in [3.63, 3.8) is 0 Å². The first-order valence-corrected chi connectivity index (χ1v) is 6.60. The van der Waals surface area contributed by atoms with Gasteiger partial charge in [0.15, 0.2) is 0 Å². The molecular formula is C12H19NOS. The summed E-state index contributed by atoms with van der Waals surface area (Å²) in [5.41, 5.74) is 1.47. The Kier molecular flexibility index (Phi) is 4.18. The van der Waals surface area contributed by atoms with E-state index in [0.717, 1.165) is 13.2 Å². The Morgan fingerprint density at radius 1 is 1.67 bits per heavy atom. The lowest BCUT2D eigenvalue weighted by atomic mass is 9.94. The molecule has 1 N–H and O–H groups in total. The van der Waals surface area contributed by atoms with Crippen LogP contribution in [0.5, 0.6) is 0 Å². The van der Waals surface area contributed by atoms with E-state index < -0.39 is 0 Å². The molecule has 1 aromatic rings. The van der Waals surface area contributed by atoms with E-state index in [1.165, 1.54) is 24.8 Å². The summed E-state index contributed by atoms with van der Waals surface area (Å²) < 4.78 is 5.44. The lowest BCUT2D eigenvalue weighted by Gasteiger charge is -2.21. The zero-order chi connectivity index (χ0) is 10.5. The SMILES string of the molecule is CNC(CCc1ccsc1)C1CCOC1. The van der Waals surface area contributed by atoms with Crippen molar-refractivity contribution in [2.24, 2.45) is 5.92 Å². The van der Waals surface area contributed by atoms with Gasteiger partial charge in [0.25, 0.3) is 0 Å². The van der Waals surface area contributed by atoms with Gasteiger partial charge in [0, 0.05) is 12.6 Å². The minimum absolute atomic E-state index is 0.618. The van der Waals surface area contributed by atoms with E-state index in [1.54, 1.807) is 11.3 Å². The van der Waals surface area contributed by atoms with Crippen molar-refractivity contribution in [3.05, 3.63) is 22.4 Å². The number of hydrogen-bond donors (Lipinski definition) is 1. The third kappa shape index (κ3) is 3.03. The maximum atomic E-state index is 5.44. The highest BCUT2D eigenvalue weighted by Crippen LogP contribution is 2.20. The zero-order valence-corrected chi connectivity index (χ0v) is 10.1. The average molecular weight is 225 g/mol. The molecule has 2 atom stereocenters. The number of hydrogen-bond acceptors (Lipinski definition) is 3. The molecule has 1 aliphatic rings. The van der Waals surface area contributed by atoms with E-state index in [4.69, 9.17) is 4.74 Å². The molecule has 3 heteroatoms. The largest absolute Gasteiger partial charge is 0.381 e. The first-order chi connectivity index (χ1) is 7.40. The summed E-state index contributed by atoms with van der Waals surface area (Å²) in [5, 5.41) is 7.83. The van der Waals surface area contributed by atoms with Gasteiger partial charge in [0.2, 0.25) is 0 Å². The van der Waals surface area contributed by atoms with Crippen molar-refractivity contribution in [1.29, 1.82) is 0 Å². The Morgan fingerprint density at radius 2 is 2.60 bits per heavy atom. The van der Waals surface area contributed by atoms with Crippen molar-refractivity contribution in [2.75, 3.05) is 20.3 Å². The molecule has 0 aromatic carbocycles. The molecule has 2 heterocycles. The van der Waals surface area contributed by atoms with Gasteiger partial charge in [-0.1, -0.05) is 0 Å². The second-order valence-corrected chi connectivity index (χ2v) is 4.97. The predicted octanol–water partition coefficient (Wildman–Crippen LogP) is 2.31. The van der Waals surface area contributed by atoms with Gasteiger partial charge < -0.3 is 10.1 Å². The van der Waals surface area contributed by atoms with Gasteiger partial charge in [-0.2, -0.15) is 11.3 Å². The molecule has 0 amide bonds. The molecule has 1 saturated heterocycles. The first kappa shape index (κ1) is 11.1. The summed E-state index contributed by atoms with van der Waals surface area (Å²) in [4.78, 5) is 0. The van der Waals surface area contributed by atoms with Crippen LogP contribution < -0.4 is 5.32 Å². The third-order valence-electron chi connectivity index (χ3n) is 3.23. The molecule has 0 bridgehead atoms. The van der Waals surface area contributed by atoms with Crippen molar-refractivity contribution >= 4 is 11.3 Å². The van der Waals surface area contributed by atoms with Gasteiger partial charge >= 0.3 is 0 Å². The lowest BCUT2D eigenvalue weighted by Crippen LogP contribution is -2.34. The van der Waals surface area contributed by atoms with Crippen LogP contribution >= 0.6 is 11.3 Å². The minimum Gasteiger partial charge on any atom is -0.381 e. The minimum atomic E-state index is 0.618. The van der Waals surface area contributed by atoms with Gasteiger partial charge in [-0.15, -0.1) is 0 Å². The number of aryl methyl sites for hydroxylation is 1. The van der Waals surface area contributed by atoms with Crippen LogP contribution in [-0.4, -0.2) is 26.3 Å². The van der Waals surface area contributed by atoms with Gasteiger partial charge in [-0.3, -0.25) is 0 Å². The van der Waals surface area contributed by atoms with Gasteiger partial charge in [-0.05, 0) is 54.6 Å². The number of ether oxygens (including phenoxy) is 1. The molecule has 0 spiro atoms. The molecule has 1 aromatic heterocycles. The van der Waals surface area contributed by atoms with E-state index in [2.05, 4.69) is 29.2 Å². The van der Waals surface area contributed by atoms with Gasteiger partial charge in [0.05, 0.1) is 6.61 Å². The van der Waals surface area contributed by atoms with Gasteiger partial charge in [-0.25, -0.2) is 0 Å². The molecule has 2 rings (SSSR count). The zero-order valence-electron chi connectivity index (χ0n) is 9.24. The van der Waals surface area contributed by atoms with Crippen molar-refractivity contribution in [1.82, 2.24) is 5.32 Å². The monoisotopic (exact) mass is 225 g/mol. The van der Waals surface area contributed by atoms with E-state index >= 15 is 0 Å². The Balaban J connectivity index is 1.80. The van der Waals surface area contributed by atoms with Crippen LogP contribution in [0.25, 0.3) is 0 Å². The van der Waals surface area contributed by atoms with E-state index in [1.807, 2.05) is 0 Å². The topological polar surface area (TPSA) is 21.3 Å². The second-order valence-electron chi connectivity index (χ2n) is 4.19. The van der Waals surface area contributed by atoms with Crippen LogP contribution in [0, 0.1) is 5.92 Å². The fourth-order valence-corrected chi connectivity index (χ4v) is 2.95. The third-order valence-corrected chi connectivity index (χ3v) is 3.96. The standard InChI is InChI=1S/C12H19NOS/c1-13-12(11-4-6-14-8-11)3-2-10-5-7-15-9-10/h5,7,9,11-13H,2-4,6,8H2,1H3. The second kappa shape index (κ2) is 5.64. The Bertz CT molecular complexity index is 267. The summed E-state index contributed by atoms with van der Waals surface area (Å²) in [5.74, 6) is 0.716. The molecule has 15 heavy (non-hydrogen) atoms. The Hall–Kier alpha value is -0.380. The summed E-state index contributed by atoms with van der Waals surface area (Å²) in [7, 11) is 2.07. The summed E-state index contributed by atoms with van der Waals surface area (Å²) >= 11 is 1.79. The molecular weight excluding hydrogens is 206 g/mol. The van der Waals surface area contributed by atoms with Gasteiger partial charge in [0.1, 0.15) is 0 Å². The molecule has 0 aliphatic carbocycles. The van der Waals surface area contributed by atoms with Crippen LogP contribution in [0.4, 0.5) is 0 Å². The summed E-state index contributed by atoms with van der Waals surface area (Å²) in [6, 6.07) is 2.84. The van der Waals surface area contributed by atoms with Crippen molar-refractivity contribution in [3.8, 4) is 0 Å². The molecule has 1 aliphatic heterocycles. The smallest absolute Gasteiger partial charge is 0.0510 e. The average Bonchev–Trinajstić information content (AvgIpc) is 2.90. The van der Waals surface area contributed by atoms with E-state index in [9.17, 15) is 0 Å². The number of rotatable bonds is 5. The Morgan fingerprint density at radius 3 is 3.20 bits per heavy atom. The molecule has 2 unspecified atom stereocenters. The first-order valence-electron chi connectivity index (χ1n) is 5.66. The summed E-state index contributed by atoms with van der Waals surface area (Å²) in [6.07, 6.45) is 3.63.